The summed E-state index contributed by atoms with van der Waals surface area (Å²) in [6.07, 6.45) is 2.78. The molecule has 2 N–H and O–H groups in total. The summed E-state index contributed by atoms with van der Waals surface area (Å²) >= 11 is 0. The number of amides is 1. The van der Waals surface area contributed by atoms with Crippen molar-refractivity contribution in [2.45, 2.75) is 45.1 Å². The number of nitro groups is 1. The second-order valence-corrected chi connectivity index (χ2v) is 6.21. The normalized spacial score (nSPS) is 21.7. The summed E-state index contributed by atoms with van der Waals surface area (Å²) in [4.78, 5) is 33.9. The van der Waals surface area contributed by atoms with Gasteiger partial charge in [0.2, 0.25) is 5.91 Å². The molecule has 1 aromatic rings. The van der Waals surface area contributed by atoms with Gasteiger partial charge in [-0.05, 0) is 37.7 Å². The minimum absolute atomic E-state index is 0.00200. The van der Waals surface area contributed by atoms with Crippen molar-refractivity contribution in [3.05, 3.63) is 39.9 Å². The molecular formula is C17H22N2O5. The van der Waals surface area contributed by atoms with E-state index in [9.17, 15) is 19.7 Å². The predicted molar refractivity (Wildman–Crippen MR) is 87.4 cm³/mol. The number of carboxylic acids is 1. The van der Waals surface area contributed by atoms with E-state index in [2.05, 4.69) is 5.32 Å². The van der Waals surface area contributed by atoms with Gasteiger partial charge in [-0.1, -0.05) is 19.1 Å². The van der Waals surface area contributed by atoms with Gasteiger partial charge in [0.25, 0.3) is 5.69 Å². The van der Waals surface area contributed by atoms with Crippen molar-refractivity contribution in [2.24, 2.45) is 11.8 Å². The Hall–Kier alpha value is -2.44. The second kappa shape index (κ2) is 7.90. The molecule has 1 amide bonds. The topological polar surface area (TPSA) is 110 Å². The fraction of sp³-hybridized carbons (Fsp3) is 0.529. The standard InChI is InChI=1S/C17H22N2O5/c1-2-15(13-4-3-5-14(10-13)19(23)24)18-16(20)11-6-8-12(9-7-11)17(21)22/h3-5,10-12,15H,2,6-9H2,1H3,(H,18,20)(H,21,22). The lowest BCUT2D eigenvalue weighted by Gasteiger charge is -2.27. The summed E-state index contributed by atoms with van der Waals surface area (Å²) in [6.45, 7) is 1.91. The number of benzene rings is 1. The number of nitro benzene ring substituents is 1. The summed E-state index contributed by atoms with van der Waals surface area (Å²) in [5.74, 6) is -1.43. The molecule has 1 fully saturated rings. The third-order valence-electron chi connectivity index (χ3n) is 4.66. The van der Waals surface area contributed by atoms with Crippen LogP contribution in [0, 0.1) is 22.0 Å². The van der Waals surface area contributed by atoms with Gasteiger partial charge in [0.05, 0.1) is 16.9 Å². The van der Waals surface area contributed by atoms with Crippen LogP contribution in [0.4, 0.5) is 5.69 Å². The van der Waals surface area contributed by atoms with Gasteiger partial charge in [0.15, 0.2) is 0 Å². The number of nitrogens with zero attached hydrogens (tertiary/aromatic N) is 1. The Morgan fingerprint density at radius 1 is 1.29 bits per heavy atom. The molecule has 1 unspecified atom stereocenters. The summed E-state index contributed by atoms with van der Waals surface area (Å²) in [5.41, 5.74) is 0.710. The molecule has 0 radical (unpaired) electrons. The Balaban J connectivity index is 2.00. The Morgan fingerprint density at radius 3 is 2.46 bits per heavy atom. The zero-order valence-corrected chi connectivity index (χ0v) is 13.6. The van der Waals surface area contributed by atoms with Crippen molar-refractivity contribution in [3.63, 3.8) is 0 Å². The highest BCUT2D eigenvalue weighted by Crippen LogP contribution is 2.30. The molecule has 0 spiro atoms. The van der Waals surface area contributed by atoms with Gasteiger partial charge in [-0.2, -0.15) is 0 Å². The molecule has 0 heterocycles. The molecule has 7 heteroatoms. The number of rotatable bonds is 6. The molecule has 24 heavy (non-hydrogen) atoms. The smallest absolute Gasteiger partial charge is 0.306 e. The molecule has 130 valence electrons. The van der Waals surface area contributed by atoms with E-state index in [1.165, 1.54) is 12.1 Å². The molecule has 0 bridgehead atoms. The maximum absolute atomic E-state index is 12.4. The quantitative estimate of drug-likeness (QED) is 0.614. The van der Waals surface area contributed by atoms with Gasteiger partial charge in [-0.15, -0.1) is 0 Å². The Morgan fingerprint density at radius 2 is 1.92 bits per heavy atom. The minimum Gasteiger partial charge on any atom is -0.481 e. The van der Waals surface area contributed by atoms with Crippen LogP contribution in [-0.4, -0.2) is 21.9 Å². The number of carbonyl (C=O) groups is 2. The van der Waals surface area contributed by atoms with Crippen molar-refractivity contribution in [2.75, 3.05) is 0 Å². The van der Waals surface area contributed by atoms with E-state index in [1.54, 1.807) is 12.1 Å². The van der Waals surface area contributed by atoms with Crippen molar-refractivity contribution in [3.8, 4) is 0 Å². The van der Waals surface area contributed by atoms with E-state index >= 15 is 0 Å². The van der Waals surface area contributed by atoms with E-state index in [-0.39, 0.29) is 29.5 Å². The molecule has 1 aliphatic rings. The lowest BCUT2D eigenvalue weighted by atomic mass is 9.81. The van der Waals surface area contributed by atoms with Crippen LogP contribution in [0.15, 0.2) is 24.3 Å². The highest BCUT2D eigenvalue weighted by molar-refractivity contribution is 5.79. The van der Waals surface area contributed by atoms with Crippen LogP contribution in [0.25, 0.3) is 0 Å². The van der Waals surface area contributed by atoms with E-state index in [0.717, 1.165) is 0 Å². The third-order valence-corrected chi connectivity index (χ3v) is 4.66. The van der Waals surface area contributed by atoms with Crippen molar-refractivity contribution in [1.29, 1.82) is 0 Å². The highest BCUT2D eigenvalue weighted by atomic mass is 16.6. The highest BCUT2D eigenvalue weighted by Gasteiger charge is 2.30. The molecule has 1 saturated carbocycles. The number of hydrogen-bond donors (Lipinski definition) is 2. The van der Waals surface area contributed by atoms with Crippen LogP contribution in [0.5, 0.6) is 0 Å². The van der Waals surface area contributed by atoms with Gasteiger partial charge in [-0.3, -0.25) is 19.7 Å². The first kappa shape index (κ1) is 17.9. The SMILES string of the molecule is CCC(NC(=O)C1CCC(C(=O)O)CC1)c1cccc([N+](=O)[O-])c1. The molecule has 0 aromatic heterocycles. The first-order chi connectivity index (χ1) is 11.4. The molecule has 2 rings (SSSR count). The van der Waals surface area contributed by atoms with E-state index in [4.69, 9.17) is 5.11 Å². The fourth-order valence-electron chi connectivity index (χ4n) is 3.17. The largest absolute Gasteiger partial charge is 0.481 e. The molecule has 1 aliphatic carbocycles. The van der Waals surface area contributed by atoms with E-state index < -0.39 is 10.9 Å². The van der Waals surface area contributed by atoms with Gasteiger partial charge in [0.1, 0.15) is 0 Å². The Labute approximate surface area is 140 Å². The second-order valence-electron chi connectivity index (χ2n) is 6.21. The third kappa shape index (κ3) is 4.31. The number of non-ortho nitro benzene ring substituents is 1. The molecule has 0 aliphatic heterocycles. The molecule has 7 nitrogen and oxygen atoms in total. The van der Waals surface area contributed by atoms with E-state index in [1.807, 2.05) is 6.92 Å². The maximum atomic E-state index is 12.4. The average molecular weight is 334 g/mol. The number of hydrogen-bond acceptors (Lipinski definition) is 4. The molecule has 1 aromatic carbocycles. The van der Waals surface area contributed by atoms with Crippen molar-refractivity contribution in [1.82, 2.24) is 5.32 Å². The zero-order chi connectivity index (χ0) is 17.7. The lowest BCUT2D eigenvalue weighted by Crippen LogP contribution is -2.36. The number of nitrogens with one attached hydrogen (secondary N) is 1. The number of carbonyl (C=O) groups excluding carboxylic acids is 1. The number of carboxylic acid groups (broad SMARTS) is 1. The van der Waals surface area contributed by atoms with Crippen molar-refractivity contribution < 1.29 is 19.6 Å². The van der Waals surface area contributed by atoms with Crippen molar-refractivity contribution >= 4 is 17.6 Å². The summed E-state index contributed by atoms with van der Waals surface area (Å²) in [6, 6.07) is 6.00. The maximum Gasteiger partial charge on any atom is 0.306 e. The monoisotopic (exact) mass is 334 g/mol. The Bertz CT molecular complexity index is 623. The van der Waals surface area contributed by atoms with Crippen LogP contribution < -0.4 is 5.32 Å². The van der Waals surface area contributed by atoms with Crippen LogP contribution >= 0.6 is 0 Å². The molecule has 1 atom stereocenters. The predicted octanol–water partition coefficient (Wildman–Crippen LogP) is 3.05. The molecule has 0 saturated heterocycles. The summed E-state index contributed by atoms with van der Waals surface area (Å²) in [5, 5.41) is 22.9. The van der Waals surface area contributed by atoms with Gasteiger partial charge >= 0.3 is 5.97 Å². The van der Waals surface area contributed by atoms with E-state index in [0.29, 0.717) is 37.7 Å². The van der Waals surface area contributed by atoms with Crippen LogP contribution in [-0.2, 0) is 9.59 Å². The van der Waals surface area contributed by atoms with Crippen LogP contribution in [0.3, 0.4) is 0 Å². The first-order valence-corrected chi connectivity index (χ1v) is 8.20. The average Bonchev–Trinajstić information content (AvgIpc) is 2.59. The number of aliphatic carboxylic acids is 1. The first-order valence-electron chi connectivity index (χ1n) is 8.20. The van der Waals surface area contributed by atoms with Gasteiger partial charge < -0.3 is 10.4 Å². The lowest BCUT2D eigenvalue weighted by molar-refractivity contribution is -0.384. The summed E-state index contributed by atoms with van der Waals surface area (Å²) in [7, 11) is 0. The zero-order valence-electron chi connectivity index (χ0n) is 13.6. The fourth-order valence-corrected chi connectivity index (χ4v) is 3.17. The van der Waals surface area contributed by atoms with Crippen LogP contribution in [0.2, 0.25) is 0 Å². The van der Waals surface area contributed by atoms with Gasteiger partial charge in [0, 0.05) is 18.1 Å². The minimum atomic E-state index is -0.795. The van der Waals surface area contributed by atoms with Gasteiger partial charge in [-0.25, -0.2) is 0 Å². The molecular weight excluding hydrogens is 312 g/mol. The van der Waals surface area contributed by atoms with Crippen LogP contribution in [0.1, 0.15) is 50.6 Å². The Kier molecular flexibility index (Phi) is 5.89. The summed E-state index contributed by atoms with van der Waals surface area (Å²) < 4.78 is 0.